The molecular weight excluding hydrogens is 210 g/mol. The molecule has 0 spiro atoms. The van der Waals surface area contributed by atoms with Gasteiger partial charge < -0.3 is 18.2 Å². The van der Waals surface area contributed by atoms with Gasteiger partial charge in [-0.2, -0.15) is 0 Å². The third kappa shape index (κ3) is 2.79. The molecule has 1 atom stereocenters. The molecule has 1 unspecified atom stereocenters. The molecule has 0 aromatic heterocycles. The lowest BCUT2D eigenvalue weighted by Crippen LogP contribution is -2.48. The van der Waals surface area contributed by atoms with Crippen molar-refractivity contribution in [1.82, 2.24) is 4.90 Å². The van der Waals surface area contributed by atoms with Gasteiger partial charge in [-0.1, -0.05) is 6.92 Å². The zero-order valence-electron chi connectivity index (χ0n) is 10.3. The van der Waals surface area contributed by atoms with Crippen molar-refractivity contribution < 1.29 is 13.3 Å². The summed E-state index contributed by atoms with van der Waals surface area (Å²) >= 11 is 0. The molecule has 0 aromatic rings. The summed E-state index contributed by atoms with van der Waals surface area (Å²) in [7, 11) is 2.69. The van der Waals surface area contributed by atoms with E-state index in [0.717, 1.165) is 26.1 Å². The van der Waals surface area contributed by atoms with E-state index < -0.39 is 8.80 Å². The molecule has 90 valence electrons. The Kier molecular flexibility index (Phi) is 5.21. The third-order valence-electron chi connectivity index (χ3n) is 3.17. The summed E-state index contributed by atoms with van der Waals surface area (Å²) in [5, 5.41) is 0. The van der Waals surface area contributed by atoms with Gasteiger partial charge in [0.2, 0.25) is 0 Å². The monoisotopic (exact) mass is 233 g/mol. The first-order valence-corrected chi connectivity index (χ1v) is 7.40. The Hall–Kier alpha value is 0.0569. The van der Waals surface area contributed by atoms with Crippen LogP contribution in [0.15, 0.2) is 0 Å². The maximum atomic E-state index is 5.51. The lowest BCUT2D eigenvalue weighted by Gasteiger charge is -2.30. The first-order valence-electron chi connectivity index (χ1n) is 5.60. The Morgan fingerprint density at radius 1 is 1.20 bits per heavy atom. The van der Waals surface area contributed by atoms with Gasteiger partial charge in [0.1, 0.15) is 0 Å². The lowest BCUT2D eigenvalue weighted by atomic mass is 10.4. The number of hydrogen-bond donors (Lipinski definition) is 0. The van der Waals surface area contributed by atoms with Gasteiger partial charge in [0.25, 0.3) is 0 Å². The fourth-order valence-corrected chi connectivity index (χ4v) is 4.86. The Morgan fingerprint density at radius 2 is 1.80 bits per heavy atom. The average molecular weight is 233 g/mol. The van der Waals surface area contributed by atoms with Crippen molar-refractivity contribution in [2.45, 2.75) is 25.3 Å². The first-order chi connectivity index (χ1) is 7.22. The quantitative estimate of drug-likeness (QED) is 0.648. The fourth-order valence-electron chi connectivity index (χ4n) is 2.39. The normalized spacial score (nSPS) is 23.6. The van der Waals surface area contributed by atoms with E-state index in [1.54, 1.807) is 21.3 Å². The van der Waals surface area contributed by atoms with E-state index in [1.807, 2.05) is 0 Å². The lowest BCUT2D eigenvalue weighted by molar-refractivity contribution is 0.111. The minimum Gasteiger partial charge on any atom is -0.377 e. The van der Waals surface area contributed by atoms with E-state index in [-0.39, 0.29) is 0 Å². The molecule has 0 bridgehead atoms. The van der Waals surface area contributed by atoms with Gasteiger partial charge >= 0.3 is 8.80 Å². The molecule has 0 radical (unpaired) electrons. The second-order valence-electron chi connectivity index (χ2n) is 4.00. The van der Waals surface area contributed by atoms with Gasteiger partial charge in [-0.3, -0.25) is 0 Å². The summed E-state index contributed by atoms with van der Waals surface area (Å²) in [6.07, 6.45) is 2.33. The molecule has 0 N–H and O–H groups in total. The van der Waals surface area contributed by atoms with Gasteiger partial charge in [0.05, 0.1) is 0 Å². The highest BCUT2D eigenvalue weighted by Gasteiger charge is 2.49. The van der Waals surface area contributed by atoms with Crippen LogP contribution in [-0.2, 0) is 13.3 Å². The van der Waals surface area contributed by atoms with E-state index >= 15 is 0 Å². The van der Waals surface area contributed by atoms with Crippen molar-refractivity contribution in [2.24, 2.45) is 0 Å². The van der Waals surface area contributed by atoms with Crippen LogP contribution in [0.1, 0.15) is 19.8 Å². The van der Waals surface area contributed by atoms with Crippen LogP contribution in [0.2, 0.25) is 5.54 Å². The number of nitrogens with zero attached hydrogens (tertiary/aromatic N) is 1. The van der Waals surface area contributed by atoms with Gasteiger partial charge in [0, 0.05) is 33.4 Å². The van der Waals surface area contributed by atoms with E-state index in [0.29, 0.717) is 5.54 Å². The minimum absolute atomic E-state index is 0.434. The van der Waals surface area contributed by atoms with Crippen LogP contribution in [0, 0.1) is 0 Å². The summed E-state index contributed by atoms with van der Waals surface area (Å²) in [6, 6.07) is 0. The highest BCUT2D eigenvalue weighted by Crippen LogP contribution is 2.33. The molecule has 0 amide bonds. The number of hydrogen-bond acceptors (Lipinski definition) is 4. The van der Waals surface area contributed by atoms with Crippen LogP contribution >= 0.6 is 0 Å². The van der Waals surface area contributed by atoms with Crippen LogP contribution < -0.4 is 0 Å². The second kappa shape index (κ2) is 5.96. The molecule has 1 aliphatic rings. The number of likely N-dealkylation sites (tertiary alicyclic amines) is 1. The summed E-state index contributed by atoms with van der Waals surface area (Å²) in [5.41, 5.74) is 0.434. The molecule has 0 aliphatic carbocycles. The SMILES string of the molecule is CCCN1CCC([Si](OC)(OC)OC)C1. The van der Waals surface area contributed by atoms with E-state index in [1.165, 1.54) is 6.42 Å². The summed E-state index contributed by atoms with van der Waals surface area (Å²) in [5.74, 6) is 0. The van der Waals surface area contributed by atoms with Crippen molar-refractivity contribution in [2.75, 3.05) is 41.0 Å². The fraction of sp³-hybridized carbons (Fsp3) is 1.00. The standard InChI is InChI=1S/C10H23NO3Si/c1-5-7-11-8-6-10(9-11)15(12-2,13-3)14-4/h10H,5-9H2,1-4H3. The second-order valence-corrected chi connectivity index (χ2v) is 7.25. The molecule has 1 fully saturated rings. The van der Waals surface area contributed by atoms with Gasteiger partial charge in [-0.25, -0.2) is 0 Å². The van der Waals surface area contributed by atoms with Crippen molar-refractivity contribution in [3.63, 3.8) is 0 Å². The van der Waals surface area contributed by atoms with Crippen molar-refractivity contribution in [3.05, 3.63) is 0 Å². The molecular formula is C10H23NO3Si. The molecule has 4 nitrogen and oxygen atoms in total. The van der Waals surface area contributed by atoms with Crippen LogP contribution in [0.25, 0.3) is 0 Å². The van der Waals surface area contributed by atoms with Crippen molar-refractivity contribution >= 4 is 8.80 Å². The van der Waals surface area contributed by atoms with Gasteiger partial charge in [0.15, 0.2) is 0 Å². The zero-order chi connectivity index (χ0) is 11.3. The minimum atomic E-state index is -2.40. The summed E-state index contributed by atoms with van der Waals surface area (Å²) in [4.78, 5) is 2.46. The van der Waals surface area contributed by atoms with Crippen molar-refractivity contribution in [3.8, 4) is 0 Å². The van der Waals surface area contributed by atoms with Crippen LogP contribution in [0.4, 0.5) is 0 Å². The summed E-state index contributed by atoms with van der Waals surface area (Å²) in [6.45, 7) is 5.57. The molecule has 1 saturated heterocycles. The topological polar surface area (TPSA) is 30.9 Å². The van der Waals surface area contributed by atoms with E-state index in [9.17, 15) is 0 Å². The molecule has 0 saturated carbocycles. The van der Waals surface area contributed by atoms with Gasteiger partial charge in [-0.15, -0.1) is 0 Å². The Labute approximate surface area is 93.9 Å². The smallest absolute Gasteiger partial charge is 0.377 e. The maximum absolute atomic E-state index is 5.51. The van der Waals surface area contributed by atoms with Crippen LogP contribution in [-0.4, -0.2) is 54.7 Å². The Bertz CT molecular complexity index is 179. The Morgan fingerprint density at radius 3 is 2.27 bits per heavy atom. The molecule has 15 heavy (non-hydrogen) atoms. The predicted octanol–water partition coefficient (Wildman–Crippen LogP) is 1.35. The van der Waals surface area contributed by atoms with Crippen LogP contribution in [0.3, 0.4) is 0 Å². The predicted molar refractivity (Wildman–Crippen MR) is 61.9 cm³/mol. The highest BCUT2D eigenvalue weighted by atomic mass is 28.4. The molecule has 1 rings (SSSR count). The van der Waals surface area contributed by atoms with Crippen LogP contribution in [0.5, 0.6) is 0 Å². The van der Waals surface area contributed by atoms with E-state index in [4.69, 9.17) is 13.3 Å². The first kappa shape index (κ1) is 13.1. The van der Waals surface area contributed by atoms with Crippen molar-refractivity contribution in [1.29, 1.82) is 0 Å². The zero-order valence-corrected chi connectivity index (χ0v) is 11.3. The Balaban J connectivity index is 2.56. The van der Waals surface area contributed by atoms with Gasteiger partial charge in [-0.05, 0) is 25.9 Å². The molecule has 1 aliphatic heterocycles. The highest BCUT2D eigenvalue weighted by molar-refractivity contribution is 6.62. The third-order valence-corrected chi connectivity index (χ3v) is 6.34. The largest absolute Gasteiger partial charge is 0.504 e. The number of rotatable bonds is 6. The average Bonchev–Trinajstić information content (AvgIpc) is 2.71. The summed E-state index contributed by atoms with van der Waals surface area (Å²) < 4.78 is 16.5. The molecule has 0 aromatic carbocycles. The maximum Gasteiger partial charge on any atom is 0.504 e. The van der Waals surface area contributed by atoms with E-state index in [2.05, 4.69) is 11.8 Å². The molecule has 5 heteroatoms. The molecule has 1 heterocycles.